The molecule has 0 fully saturated rings. The molecule has 0 heterocycles. The molecule has 0 saturated carbocycles. The van der Waals surface area contributed by atoms with Crippen LogP contribution in [-0.2, 0) is 6.42 Å². The van der Waals surface area contributed by atoms with Crippen LogP contribution in [0.4, 0.5) is 0 Å². The van der Waals surface area contributed by atoms with Gasteiger partial charge in [-0.15, -0.1) is 0 Å². The molecule has 0 N–H and O–H groups in total. The maximum atomic E-state index is 4.13. The van der Waals surface area contributed by atoms with Gasteiger partial charge in [0.05, 0.1) is 8.07 Å². The van der Waals surface area contributed by atoms with Crippen LogP contribution in [0, 0.1) is 0 Å². The molecular weight excluding hydrogens is 196 g/mol. The Morgan fingerprint density at radius 1 is 1.20 bits per heavy atom. The molecule has 0 aromatic heterocycles. The molecule has 0 amide bonds. The first-order valence-corrected chi connectivity index (χ1v) is 8.90. The average Bonchev–Trinajstić information content (AvgIpc) is 2.18. The quantitative estimate of drug-likeness (QED) is 0.522. The van der Waals surface area contributed by atoms with Crippen molar-refractivity contribution >= 4 is 8.07 Å². The molecule has 15 heavy (non-hydrogen) atoms. The maximum absolute atomic E-state index is 4.13. The molecule has 0 bridgehead atoms. The van der Waals surface area contributed by atoms with Gasteiger partial charge in [-0.2, -0.15) is 0 Å². The van der Waals surface area contributed by atoms with Gasteiger partial charge in [-0.1, -0.05) is 73.9 Å². The van der Waals surface area contributed by atoms with Crippen molar-refractivity contribution in [2.75, 3.05) is 0 Å². The summed E-state index contributed by atoms with van der Waals surface area (Å²) in [7, 11) is -1.18. The van der Waals surface area contributed by atoms with E-state index < -0.39 is 8.07 Å². The fourth-order valence-corrected chi connectivity index (χ4v) is 1.82. The molecule has 1 rings (SSSR count). The minimum absolute atomic E-state index is 1.00. The first-order chi connectivity index (χ1) is 7.00. The van der Waals surface area contributed by atoms with Crippen LogP contribution in [0.2, 0.25) is 19.6 Å². The Morgan fingerprint density at radius 2 is 1.80 bits per heavy atom. The van der Waals surface area contributed by atoms with E-state index in [0.29, 0.717) is 0 Å². The van der Waals surface area contributed by atoms with Gasteiger partial charge in [0.2, 0.25) is 0 Å². The van der Waals surface area contributed by atoms with Crippen LogP contribution < -0.4 is 0 Å². The highest BCUT2D eigenvalue weighted by molar-refractivity contribution is 6.83. The first-order valence-electron chi connectivity index (χ1n) is 5.40. The molecule has 1 aromatic rings. The summed E-state index contributed by atoms with van der Waals surface area (Å²) in [6.07, 6.45) is 5.42. The summed E-state index contributed by atoms with van der Waals surface area (Å²) in [4.78, 5) is 0. The van der Waals surface area contributed by atoms with E-state index in [4.69, 9.17) is 0 Å². The smallest absolute Gasteiger partial charge is 0.0768 e. The van der Waals surface area contributed by atoms with E-state index in [1.165, 1.54) is 10.8 Å². The van der Waals surface area contributed by atoms with Crippen LogP contribution in [-0.4, -0.2) is 8.07 Å². The van der Waals surface area contributed by atoms with Gasteiger partial charge in [0.15, 0.2) is 0 Å². The van der Waals surface area contributed by atoms with E-state index in [2.05, 4.69) is 62.6 Å². The zero-order valence-corrected chi connectivity index (χ0v) is 11.0. The van der Waals surface area contributed by atoms with Crippen LogP contribution in [0.5, 0.6) is 0 Å². The standard InChI is InChI=1S/C14H20Si/c1-13(15(2,3)4)9-8-12-14-10-6-5-7-11-14/h5-11H,1,12H2,2-4H3/b9-8+. The third-order valence-corrected chi connectivity index (χ3v) is 4.57. The summed E-state index contributed by atoms with van der Waals surface area (Å²) in [6.45, 7) is 11.1. The average molecular weight is 216 g/mol. The van der Waals surface area contributed by atoms with Crippen molar-refractivity contribution in [1.82, 2.24) is 0 Å². The Balaban J connectivity index is 2.51. The second-order valence-corrected chi connectivity index (χ2v) is 10.0. The molecule has 0 aliphatic rings. The van der Waals surface area contributed by atoms with Crippen LogP contribution >= 0.6 is 0 Å². The zero-order valence-electron chi connectivity index (χ0n) is 9.96. The normalized spacial score (nSPS) is 11.9. The molecular formula is C14H20Si. The number of benzene rings is 1. The van der Waals surface area contributed by atoms with Crippen LogP contribution in [0.3, 0.4) is 0 Å². The molecule has 80 valence electrons. The van der Waals surface area contributed by atoms with Crippen molar-refractivity contribution in [3.8, 4) is 0 Å². The largest absolute Gasteiger partial charge is 0.0998 e. The lowest BCUT2D eigenvalue weighted by atomic mass is 10.1. The number of allylic oxidation sites excluding steroid dienone is 3. The van der Waals surface area contributed by atoms with Gasteiger partial charge in [-0.05, 0) is 12.0 Å². The lowest BCUT2D eigenvalue weighted by molar-refractivity contribution is 1.27. The SMILES string of the molecule is C=C(/C=C/Cc1ccccc1)[Si](C)(C)C. The van der Waals surface area contributed by atoms with Gasteiger partial charge in [0, 0.05) is 0 Å². The Bertz CT molecular complexity index is 341. The van der Waals surface area contributed by atoms with Crippen molar-refractivity contribution < 1.29 is 0 Å². The fraction of sp³-hybridized carbons (Fsp3) is 0.286. The highest BCUT2D eigenvalue weighted by atomic mass is 28.3. The summed E-state index contributed by atoms with van der Waals surface area (Å²) in [5.74, 6) is 0. The fourth-order valence-electron chi connectivity index (χ4n) is 1.20. The van der Waals surface area contributed by atoms with E-state index in [0.717, 1.165) is 6.42 Å². The summed E-state index contributed by atoms with van der Waals surface area (Å²) in [5.41, 5.74) is 1.36. The van der Waals surface area contributed by atoms with Crippen LogP contribution in [0.15, 0.2) is 54.3 Å². The van der Waals surface area contributed by atoms with Gasteiger partial charge >= 0.3 is 0 Å². The highest BCUT2D eigenvalue weighted by Crippen LogP contribution is 2.13. The summed E-state index contributed by atoms with van der Waals surface area (Å²) >= 11 is 0. The molecule has 0 atom stereocenters. The molecule has 0 radical (unpaired) electrons. The number of hydrogen-bond donors (Lipinski definition) is 0. The molecule has 0 aliphatic heterocycles. The minimum atomic E-state index is -1.18. The van der Waals surface area contributed by atoms with E-state index in [9.17, 15) is 0 Å². The third kappa shape index (κ3) is 4.30. The van der Waals surface area contributed by atoms with Crippen molar-refractivity contribution in [2.24, 2.45) is 0 Å². The molecule has 0 aliphatic carbocycles. The number of hydrogen-bond acceptors (Lipinski definition) is 0. The van der Waals surface area contributed by atoms with Crippen LogP contribution in [0.25, 0.3) is 0 Å². The predicted octanol–water partition coefficient (Wildman–Crippen LogP) is 4.22. The van der Waals surface area contributed by atoms with E-state index in [1.54, 1.807) is 0 Å². The van der Waals surface area contributed by atoms with Gasteiger partial charge in [0.1, 0.15) is 0 Å². The van der Waals surface area contributed by atoms with Gasteiger partial charge in [-0.25, -0.2) is 0 Å². The van der Waals surface area contributed by atoms with Gasteiger partial charge in [0.25, 0.3) is 0 Å². The van der Waals surface area contributed by atoms with Crippen LogP contribution in [0.1, 0.15) is 5.56 Å². The van der Waals surface area contributed by atoms with Crippen molar-refractivity contribution in [2.45, 2.75) is 26.1 Å². The second kappa shape index (κ2) is 5.13. The van der Waals surface area contributed by atoms with Gasteiger partial charge in [-0.3, -0.25) is 0 Å². The third-order valence-electron chi connectivity index (χ3n) is 2.48. The van der Waals surface area contributed by atoms with E-state index >= 15 is 0 Å². The lowest BCUT2D eigenvalue weighted by Crippen LogP contribution is -2.21. The Labute approximate surface area is 94.4 Å². The Hall–Kier alpha value is -1.08. The first kappa shape index (κ1) is 12.0. The zero-order chi connectivity index (χ0) is 11.3. The van der Waals surface area contributed by atoms with E-state index in [1.807, 2.05) is 6.07 Å². The number of rotatable bonds is 4. The molecule has 1 heteroatoms. The molecule has 0 saturated heterocycles. The summed E-state index contributed by atoms with van der Waals surface area (Å²) in [6, 6.07) is 10.5. The predicted molar refractivity (Wildman–Crippen MR) is 71.8 cm³/mol. The lowest BCUT2D eigenvalue weighted by Gasteiger charge is -2.15. The molecule has 0 unspecified atom stereocenters. The highest BCUT2D eigenvalue weighted by Gasteiger charge is 2.14. The summed E-state index contributed by atoms with van der Waals surface area (Å²) < 4.78 is 0. The topological polar surface area (TPSA) is 0 Å². The van der Waals surface area contributed by atoms with Gasteiger partial charge < -0.3 is 0 Å². The minimum Gasteiger partial charge on any atom is -0.0998 e. The summed E-state index contributed by atoms with van der Waals surface area (Å²) in [5, 5.41) is 1.32. The second-order valence-electron chi connectivity index (χ2n) is 4.87. The molecule has 0 nitrogen and oxygen atoms in total. The molecule has 1 aromatic carbocycles. The van der Waals surface area contributed by atoms with E-state index in [-0.39, 0.29) is 0 Å². The maximum Gasteiger partial charge on any atom is 0.0768 e. The van der Waals surface area contributed by atoms with Crippen molar-refractivity contribution in [3.63, 3.8) is 0 Å². The van der Waals surface area contributed by atoms with Crippen molar-refractivity contribution in [3.05, 3.63) is 59.8 Å². The molecule has 0 spiro atoms. The Kier molecular flexibility index (Phi) is 4.10. The Morgan fingerprint density at radius 3 is 2.33 bits per heavy atom. The monoisotopic (exact) mass is 216 g/mol. The van der Waals surface area contributed by atoms with Crippen molar-refractivity contribution in [1.29, 1.82) is 0 Å².